The van der Waals surface area contributed by atoms with E-state index in [9.17, 15) is 4.79 Å². The summed E-state index contributed by atoms with van der Waals surface area (Å²) in [7, 11) is 0. The van der Waals surface area contributed by atoms with Crippen molar-refractivity contribution in [3.63, 3.8) is 0 Å². The van der Waals surface area contributed by atoms with Gasteiger partial charge in [0.2, 0.25) is 0 Å². The molecule has 2 atom stereocenters. The molecule has 0 unspecified atom stereocenters. The Labute approximate surface area is 137 Å². The molecule has 1 aliphatic heterocycles. The van der Waals surface area contributed by atoms with Crippen LogP contribution in [0.3, 0.4) is 0 Å². The molecule has 22 heavy (non-hydrogen) atoms. The van der Waals surface area contributed by atoms with Crippen molar-refractivity contribution < 1.29 is 4.79 Å². The summed E-state index contributed by atoms with van der Waals surface area (Å²) in [4.78, 5) is 17.8. The first-order chi connectivity index (χ1) is 10.4. The van der Waals surface area contributed by atoms with Gasteiger partial charge in [0.15, 0.2) is 0 Å². The summed E-state index contributed by atoms with van der Waals surface area (Å²) in [5, 5.41) is 0. The van der Waals surface area contributed by atoms with Crippen LogP contribution in [0.15, 0.2) is 6.07 Å². The maximum Gasteiger partial charge on any atom is 0.264 e. The minimum Gasteiger partial charge on any atom is -0.334 e. The van der Waals surface area contributed by atoms with Gasteiger partial charge in [0.05, 0.1) is 4.88 Å². The highest BCUT2D eigenvalue weighted by Crippen LogP contribution is 2.52. The third kappa shape index (κ3) is 2.42. The van der Waals surface area contributed by atoms with E-state index in [2.05, 4.69) is 31.7 Å². The predicted molar refractivity (Wildman–Crippen MR) is 91.5 cm³/mol. The minimum absolute atomic E-state index is 0.311. The molecule has 0 aromatic carbocycles. The largest absolute Gasteiger partial charge is 0.334 e. The number of likely N-dealkylation sites (tertiary alicyclic amines) is 1. The van der Waals surface area contributed by atoms with E-state index >= 15 is 0 Å². The van der Waals surface area contributed by atoms with Crippen LogP contribution in [0.2, 0.25) is 0 Å². The molecule has 1 saturated heterocycles. The summed E-state index contributed by atoms with van der Waals surface area (Å²) in [6.07, 6.45) is 8.55. The van der Waals surface area contributed by atoms with Gasteiger partial charge in [-0.25, -0.2) is 0 Å². The van der Waals surface area contributed by atoms with Crippen LogP contribution in [0, 0.1) is 10.8 Å². The third-order valence-corrected chi connectivity index (χ3v) is 7.11. The van der Waals surface area contributed by atoms with Crippen molar-refractivity contribution in [3.05, 3.63) is 21.4 Å². The fourth-order valence-corrected chi connectivity index (χ4v) is 6.64. The molecular weight excluding hydrogens is 290 g/mol. The average Bonchev–Trinajstić information content (AvgIpc) is 2.95. The molecule has 0 radical (unpaired) electrons. The third-order valence-electron chi connectivity index (χ3n) is 5.88. The lowest BCUT2D eigenvalue weighted by Gasteiger charge is -2.39. The molecule has 2 bridgehead atoms. The lowest BCUT2D eigenvalue weighted by Crippen LogP contribution is -2.37. The first-order valence-electron chi connectivity index (χ1n) is 8.78. The number of hydrogen-bond acceptors (Lipinski definition) is 2. The van der Waals surface area contributed by atoms with E-state index in [1.165, 1.54) is 55.4 Å². The quantitative estimate of drug-likeness (QED) is 0.737. The van der Waals surface area contributed by atoms with Gasteiger partial charge in [0.25, 0.3) is 5.91 Å². The highest BCUT2D eigenvalue weighted by atomic mass is 32.1. The maximum atomic E-state index is 13.1. The second-order valence-corrected chi connectivity index (χ2v) is 10.0. The number of amides is 1. The zero-order valence-corrected chi connectivity index (χ0v) is 14.9. The van der Waals surface area contributed by atoms with E-state index in [0.29, 0.717) is 22.8 Å². The average molecular weight is 317 g/mol. The van der Waals surface area contributed by atoms with Gasteiger partial charge in [0, 0.05) is 17.5 Å². The van der Waals surface area contributed by atoms with Gasteiger partial charge in [-0.1, -0.05) is 20.8 Å². The Morgan fingerprint density at radius 3 is 2.77 bits per heavy atom. The molecule has 0 spiro atoms. The Morgan fingerprint density at radius 2 is 2.00 bits per heavy atom. The summed E-state index contributed by atoms with van der Waals surface area (Å²) >= 11 is 1.77. The van der Waals surface area contributed by atoms with Crippen molar-refractivity contribution >= 4 is 17.2 Å². The van der Waals surface area contributed by atoms with Crippen LogP contribution in [-0.4, -0.2) is 23.4 Å². The highest BCUT2D eigenvalue weighted by molar-refractivity contribution is 7.14. The molecule has 3 heteroatoms. The van der Waals surface area contributed by atoms with Crippen LogP contribution in [0.1, 0.15) is 73.0 Å². The van der Waals surface area contributed by atoms with Crippen molar-refractivity contribution in [2.45, 2.75) is 71.8 Å². The van der Waals surface area contributed by atoms with Crippen molar-refractivity contribution in [2.75, 3.05) is 6.54 Å². The number of carbonyl (C=O) groups excluding carboxylic acids is 1. The summed E-state index contributed by atoms with van der Waals surface area (Å²) in [5.74, 6) is 0.311. The van der Waals surface area contributed by atoms with E-state index < -0.39 is 0 Å². The predicted octanol–water partition coefficient (Wildman–Crippen LogP) is 4.67. The van der Waals surface area contributed by atoms with E-state index in [4.69, 9.17) is 0 Å². The molecule has 1 aromatic heterocycles. The molecule has 3 aliphatic rings. The number of fused-ring (bicyclic) bond motifs is 3. The standard InChI is InChI=1S/C19H27NOS/c1-18(2)9-14-10-19(3,11-18)12-20(14)17(21)16-8-13-6-4-5-7-15(13)22-16/h8,14H,4-7,9-12H2,1-3H3/t14-,19+/m0/s1. The van der Waals surface area contributed by atoms with Gasteiger partial charge >= 0.3 is 0 Å². The topological polar surface area (TPSA) is 20.3 Å². The molecule has 4 rings (SSSR count). The number of carbonyl (C=O) groups is 1. The molecule has 0 N–H and O–H groups in total. The van der Waals surface area contributed by atoms with Crippen LogP contribution in [0.5, 0.6) is 0 Å². The smallest absolute Gasteiger partial charge is 0.264 e. The minimum atomic E-state index is 0.311. The van der Waals surface area contributed by atoms with Gasteiger partial charge in [-0.3, -0.25) is 4.79 Å². The molecule has 2 heterocycles. The number of hydrogen-bond donors (Lipinski definition) is 0. The maximum absolute atomic E-state index is 13.1. The van der Waals surface area contributed by atoms with E-state index in [1.807, 2.05) is 0 Å². The summed E-state index contributed by atoms with van der Waals surface area (Å²) in [6, 6.07) is 2.66. The van der Waals surface area contributed by atoms with Crippen molar-refractivity contribution in [2.24, 2.45) is 10.8 Å². The van der Waals surface area contributed by atoms with E-state index in [-0.39, 0.29) is 0 Å². The van der Waals surface area contributed by atoms with Crippen LogP contribution in [0.25, 0.3) is 0 Å². The molecule has 1 amide bonds. The monoisotopic (exact) mass is 317 g/mol. The van der Waals surface area contributed by atoms with Crippen molar-refractivity contribution in [1.82, 2.24) is 4.90 Å². The van der Waals surface area contributed by atoms with Gasteiger partial charge in [-0.15, -0.1) is 11.3 Å². The SMILES string of the molecule is CC1(C)C[C@H]2C[C@@](C)(CN2C(=O)c2cc3c(s2)CCCC3)C1. The fraction of sp³-hybridized carbons (Fsp3) is 0.737. The van der Waals surface area contributed by atoms with Gasteiger partial charge in [-0.05, 0) is 67.4 Å². The fourth-order valence-electron chi connectivity index (χ4n) is 5.43. The van der Waals surface area contributed by atoms with Gasteiger partial charge < -0.3 is 4.90 Å². The Hall–Kier alpha value is -0.830. The normalized spacial score (nSPS) is 32.9. The number of rotatable bonds is 1. The van der Waals surface area contributed by atoms with Crippen LogP contribution in [-0.2, 0) is 12.8 Å². The van der Waals surface area contributed by atoms with E-state index in [1.54, 1.807) is 11.3 Å². The zero-order chi connectivity index (χ0) is 15.5. The van der Waals surface area contributed by atoms with Crippen LogP contribution in [0.4, 0.5) is 0 Å². The molecule has 120 valence electrons. The van der Waals surface area contributed by atoms with Crippen LogP contribution >= 0.6 is 11.3 Å². The summed E-state index contributed by atoms with van der Waals surface area (Å²) < 4.78 is 0. The molecule has 1 saturated carbocycles. The first-order valence-corrected chi connectivity index (χ1v) is 9.60. The summed E-state index contributed by atoms with van der Waals surface area (Å²) in [5.41, 5.74) is 2.16. The zero-order valence-electron chi connectivity index (χ0n) is 14.1. The molecule has 2 nitrogen and oxygen atoms in total. The Bertz CT molecular complexity index is 593. The first kappa shape index (κ1) is 14.7. The molecule has 2 aliphatic carbocycles. The lowest BCUT2D eigenvalue weighted by molar-refractivity contribution is 0.0713. The molecule has 1 aromatic rings. The van der Waals surface area contributed by atoms with E-state index in [0.717, 1.165) is 11.4 Å². The van der Waals surface area contributed by atoms with Crippen molar-refractivity contribution in [1.29, 1.82) is 0 Å². The Balaban J connectivity index is 1.60. The van der Waals surface area contributed by atoms with Crippen molar-refractivity contribution in [3.8, 4) is 0 Å². The summed E-state index contributed by atoms with van der Waals surface area (Å²) in [6.45, 7) is 8.08. The second kappa shape index (κ2) is 4.83. The highest BCUT2D eigenvalue weighted by Gasteiger charge is 2.51. The Morgan fingerprint density at radius 1 is 1.23 bits per heavy atom. The number of aryl methyl sites for hydroxylation is 2. The second-order valence-electron chi connectivity index (χ2n) is 8.91. The Kier molecular flexibility index (Phi) is 3.24. The van der Waals surface area contributed by atoms with Crippen LogP contribution < -0.4 is 0 Å². The van der Waals surface area contributed by atoms with Gasteiger partial charge in [-0.2, -0.15) is 0 Å². The van der Waals surface area contributed by atoms with Gasteiger partial charge in [0.1, 0.15) is 0 Å². The number of nitrogens with zero attached hydrogens (tertiary/aromatic N) is 1. The lowest BCUT2D eigenvalue weighted by atomic mass is 9.65. The molecular formula is C19H27NOS. The molecule has 2 fully saturated rings. The number of thiophene rings is 1.